The van der Waals surface area contributed by atoms with E-state index in [9.17, 15) is 14.4 Å². The summed E-state index contributed by atoms with van der Waals surface area (Å²) in [5.74, 6) is -0.720. The van der Waals surface area contributed by atoms with Crippen LogP contribution in [-0.2, 0) is 11.3 Å². The Balaban J connectivity index is 1.23. The van der Waals surface area contributed by atoms with E-state index in [0.29, 0.717) is 22.7 Å². The molecule has 0 saturated carbocycles. The van der Waals surface area contributed by atoms with Crippen molar-refractivity contribution < 1.29 is 14.4 Å². The second-order valence-corrected chi connectivity index (χ2v) is 8.30. The third kappa shape index (κ3) is 4.54. The molecule has 7 nitrogen and oxygen atoms in total. The minimum Gasteiger partial charge on any atom is -0.302 e. The Labute approximate surface area is 173 Å². The molecule has 1 N–H and O–H groups in total. The lowest BCUT2D eigenvalue weighted by atomic mass is 10.1. The van der Waals surface area contributed by atoms with Crippen LogP contribution in [0.4, 0.5) is 5.13 Å². The van der Waals surface area contributed by atoms with Crippen LogP contribution in [0.1, 0.15) is 58.5 Å². The van der Waals surface area contributed by atoms with Crippen LogP contribution in [0.2, 0.25) is 0 Å². The third-order valence-electron chi connectivity index (χ3n) is 5.30. The van der Waals surface area contributed by atoms with Crippen molar-refractivity contribution in [3.63, 3.8) is 0 Å². The first kappa shape index (κ1) is 19.7. The maximum atomic E-state index is 12.3. The summed E-state index contributed by atoms with van der Waals surface area (Å²) < 4.78 is 0. The molecule has 1 aromatic carbocycles. The van der Waals surface area contributed by atoms with Gasteiger partial charge in [0.05, 0.1) is 16.8 Å². The highest BCUT2D eigenvalue weighted by atomic mass is 32.1. The number of imide groups is 1. The van der Waals surface area contributed by atoms with Crippen molar-refractivity contribution in [2.75, 3.05) is 25.0 Å². The Kier molecular flexibility index (Phi) is 6.01. The van der Waals surface area contributed by atoms with Gasteiger partial charge in [0.25, 0.3) is 11.8 Å². The number of hydrogen-bond donors (Lipinski definition) is 1. The first-order valence-corrected chi connectivity index (χ1v) is 10.9. The van der Waals surface area contributed by atoms with Crippen molar-refractivity contribution in [1.29, 1.82) is 0 Å². The highest BCUT2D eigenvalue weighted by Gasteiger charge is 2.34. The van der Waals surface area contributed by atoms with E-state index in [1.807, 2.05) is 5.38 Å². The van der Waals surface area contributed by atoms with Gasteiger partial charge < -0.3 is 5.32 Å². The fourth-order valence-electron chi connectivity index (χ4n) is 3.81. The Morgan fingerprint density at radius 3 is 2.45 bits per heavy atom. The number of anilines is 1. The van der Waals surface area contributed by atoms with Crippen molar-refractivity contribution in [1.82, 2.24) is 14.8 Å². The van der Waals surface area contributed by atoms with E-state index < -0.39 is 0 Å². The van der Waals surface area contributed by atoms with Crippen molar-refractivity contribution in [3.05, 3.63) is 46.5 Å². The van der Waals surface area contributed by atoms with Crippen LogP contribution in [0, 0.1) is 0 Å². The van der Waals surface area contributed by atoms with Crippen LogP contribution in [-0.4, -0.2) is 52.1 Å². The van der Waals surface area contributed by atoms with Crippen LogP contribution < -0.4 is 5.32 Å². The summed E-state index contributed by atoms with van der Waals surface area (Å²) in [6.07, 6.45) is 4.43. The molecule has 0 bridgehead atoms. The first-order valence-electron chi connectivity index (χ1n) is 10.0. The van der Waals surface area contributed by atoms with Gasteiger partial charge in [-0.05, 0) is 44.5 Å². The van der Waals surface area contributed by atoms with E-state index >= 15 is 0 Å². The minimum absolute atomic E-state index is 0.152. The topological polar surface area (TPSA) is 82.6 Å². The van der Waals surface area contributed by atoms with E-state index in [-0.39, 0.29) is 30.7 Å². The van der Waals surface area contributed by atoms with E-state index in [1.165, 1.54) is 35.5 Å². The summed E-state index contributed by atoms with van der Waals surface area (Å²) in [4.78, 5) is 45.0. The molecule has 152 valence electrons. The highest BCUT2D eigenvalue weighted by molar-refractivity contribution is 7.13. The van der Waals surface area contributed by atoms with Gasteiger partial charge >= 0.3 is 0 Å². The molecular formula is C21H24N4O3S. The maximum absolute atomic E-state index is 12.3. The predicted octanol–water partition coefficient (Wildman–Crippen LogP) is 3.14. The Morgan fingerprint density at radius 1 is 1.07 bits per heavy atom. The molecule has 2 aromatic rings. The van der Waals surface area contributed by atoms with Gasteiger partial charge in [-0.25, -0.2) is 4.98 Å². The Hall–Kier alpha value is -2.58. The van der Waals surface area contributed by atoms with Crippen molar-refractivity contribution in [2.24, 2.45) is 0 Å². The molecule has 4 rings (SSSR count). The second-order valence-electron chi connectivity index (χ2n) is 7.44. The first-order chi connectivity index (χ1) is 14.1. The molecular weight excluding hydrogens is 388 g/mol. The number of aromatic nitrogens is 1. The summed E-state index contributed by atoms with van der Waals surface area (Å²) in [5.41, 5.74) is 1.86. The second kappa shape index (κ2) is 8.84. The van der Waals surface area contributed by atoms with Crippen LogP contribution in [0.5, 0.6) is 0 Å². The molecule has 0 aliphatic carbocycles. The average Bonchev–Trinajstić information content (AvgIpc) is 3.26. The average molecular weight is 413 g/mol. The number of likely N-dealkylation sites (tertiary alicyclic amines) is 1. The van der Waals surface area contributed by atoms with Gasteiger partial charge in [-0.2, -0.15) is 0 Å². The number of carbonyl (C=O) groups excluding carboxylic acids is 3. The number of benzene rings is 1. The molecule has 1 saturated heterocycles. The van der Waals surface area contributed by atoms with Crippen LogP contribution in [0.15, 0.2) is 29.6 Å². The zero-order chi connectivity index (χ0) is 20.2. The summed E-state index contributed by atoms with van der Waals surface area (Å²) in [7, 11) is 0. The van der Waals surface area contributed by atoms with Gasteiger partial charge in [-0.1, -0.05) is 18.6 Å². The molecule has 8 heteroatoms. The molecule has 2 aliphatic rings. The van der Waals surface area contributed by atoms with Gasteiger partial charge in [0, 0.05) is 24.9 Å². The van der Waals surface area contributed by atoms with Gasteiger partial charge in [-0.15, -0.1) is 11.3 Å². The summed E-state index contributed by atoms with van der Waals surface area (Å²) >= 11 is 1.43. The lowest BCUT2D eigenvalue weighted by Crippen LogP contribution is -2.31. The van der Waals surface area contributed by atoms with Gasteiger partial charge in [-0.3, -0.25) is 24.2 Å². The third-order valence-corrected chi connectivity index (χ3v) is 6.10. The van der Waals surface area contributed by atoms with Gasteiger partial charge in [0.2, 0.25) is 5.91 Å². The molecule has 0 spiro atoms. The molecule has 1 fully saturated rings. The van der Waals surface area contributed by atoms with Gasteiger partial charge in [0.1, 0.15) is 0 Å². The normalized spacial score (nSPS) is 16.9. The molecule has 29 heavy (non-hydrogen) atoms. The fourth-order valence-corrected chi connectivity index (χ4v) is 4.52. The van der Waals surface area contributed by atoms with E-state index in [1.54, 1.807) is 24.3 Å². The monoisotopic (exact) mass is 412 g/mol. The smallest absolute Gasteiger partial charge is 0.261 e. The van der Waals surface area contributed by atoms with Crippen molar-refractivity contribution in [2.45, 2.75) is 38.6 Å². The van der Waals surface area contributed by atoms with E-state index in [2.05, 4.69) is 15.2 Å². The predicted molar refractivity (Wildman–Crippen MR) is 111 cm³/mol. The molecule has 0 atom stereocenters. The minimum atomic E-state index is -0.284. The summed E-state index contributed by atoms with van der Waals surface area (Å²) in [6, 6.07) is 6.81. The summed E-state index contributed by atoms with van der Waals surface area (Å²) in [5, 5.41) is 5.41. The van der Waals surface area contributed by atoms with Crippen LogP contribution in [0.25, 0.3) is 0 Å². The number of nitrogens with one attached hydrogen (secondary N) is 1. The highest BCUT2D eigenvalue weighted by Crippen LogP contribution is 2.23. The van der Waals surface area contributed by atoms with Crippen molar-refractivity contribution in [3.8, 4) is 0 Å². The van der Waals surface area contributed by atoms with E-state index in [0.717, 1.165) is 25.3 Å². The number of nitrogens with zero attached hydrogens (tertiary/aromatic N) is 3. The lowest BCUT2D eigenvalue weighted by Gasteiger charge is -2.25. The largest absolute Gasteiger partial charge is 0.302 e. The number of amides is 3. The zero-order valence-electron chi connectivity index (χ0n) is 16.2. The number of piperidine rings is 1. The molecule has 1 aromatic heterocycles. The zero-order valence-corrected chi connectivity index (χ0v) is 17.0. The number of carbonyl (C=O) groups is 3. The molecule has 3 amide bonds. The Bertz CT molecular complexity index is 885. The molecule has 0 unspecified atom stereocenters. The van der Waals surface area contributed by atoms with Crippen LogP contribution >= 0.6 is 11.3 Å². The van der Waals surface area contributed by atoms with Gasteiger partial charge in [0.15, 0.2) is 5.13 Å². The van der Waals surface area contributed by atoms with Crippen molar-refractivity contribution >= 4 is 34.2 Å². The quantitative estimate of drug-likeness (QED) is 0.707. The maximum Gasteiger partial charge on any atom is 0.261 e. The summed E-state index contributed by atoms with van der Waals surface area (Å²) in [6.45, 7) is 3.28. The Morgan fingerprint density at radius 2 is 1.76 bits per heavy atom. The standard InChI is InChI=1S/C21H24N4O3S/c26-18(23-21-22-15(14-29-21)13-24-10-4-1-5-11-24)9-6-12-25-19(27)16-7-2-3-8-17(16)20(25)28/h2-3,7-8,14H,1,4-6,9-13H2,(H,22,23,26). The number of thiazole rings is 1. The lowest BCUT2D eigenvalue weighted by molar-refractivity contribution is -0.116. The fraction of sp³-hybridized carbons (Fsp3) is 0.429. The van der Waals surface area contributed by atoms with E-state index in [4.69, 9.17) is 0 Å². The molecule has 0 radical (unpaired) electrons. The van der Waals surface area contributed by atoms with Crippen LogP contribution in [0.3, 0.4) is 0 Å². The molecule has 3 heterocycles. The SMILES string of the molecule is O=C(CCCN1C(=O)c2ccccc2C1=O)Nc1nc(CN2CCCCC2)cs1. The molecule has 2 aliphatic heterocycles. The number of hydrogen-bond acceptors (Lipinski definition) is 6. The number of fused-ring (bicyclic) bond motifs is 1. The number of rotatable bonds is 7.